The van der Waals surface area contributed by atoms with Gasteiger partial charge in [-0.1, -0.05) is 30.3 Å². The van der Waals surface area contributed by atoms with E-state index in [1.165, 1.54) is 11.1 Å². The second-order valence-electron chi connectivity index (χ2n) is 6.39. The smallest absolute Gasteiger partial charge is 0.319 e. The standard InChI is InChI=1S/C19H19N3O2/c23-18-8-6-12-5-7-15(11-17(12)22-18)20-19(24)21-16-9-13-3-1-2-4-14(13)10-16/h1-5,7,11,16H,6,8-10H2,(H,22,23)(H2,20,21,24). The number of hydrogen-bond donors (Lipinski definition) is 3. The number of anilines is 2. The molecule has 2 aromatic carbocycles. The highest BCUT2D eigenvalue weighted by atomic mass is 16.2. The first-order valence-corrected chi connectivity index (χ1v) is 8.24. The molecule has 2 aromatic rings. The van der Waals surface area contributed by atoms with Gasteiger partial charge in [-0.25, -0.2) is 4.79 Å². The van der Waals surface area contributed by atoms with Crippen LogP contribution in [0.15, 0.2) is 42.5 Å². The van der Waals surface area contributed by atoms with Gasteiger partial charge in [-0.05, 0) is 48.1 Å². The maximum absolute atomic E-state index is 12.2. The number of carbonyl (C=O) groups excluding carboxylic acids is 2. The summed E-state index contributed by atoms with van der Waals surface area (Å²) in [5.41, 5.74) is 5.19. The van der Waals surface area contributed by atoms with E-state index < -0.39 is 0 Å². The molecule has 0 unspecified atom stereocenters. The fourth-order valence-electron chi connectivity index (χ4n) is 3.46. The fourth-order valence-corrected chi connectivity index (χ4v) is 3.46. The van der Waals surface area contributed by atoms with Gasteiger partial charge in [0.2, 0.25) is 5.91 Å². The van der Waals surface area contributed by atoms with Crippen molar-refractivity contribution in [2.75, 3.05) is 10.6 Å². The fraction of sp³-hybridized carbons (Fsp3) is 0.263. The van der Waals surface area contributed by atoms with Gasteiger partial charge >= 0.3 is 6.03 Å². The monoisotopic (exact) mass is 321 g/mol. The number of aryl methyl sites for hydroxylation is 1. The van der Waals surface area contributed by atoms with Gasteiger partial charge in [-0.15, -0.1) is 0 Å². The number of carbonyl (C=O) groups is 2. The number of nitrogens with one attached hydrogen (secondary N) is 3. The Morgan fingerprint density at radius 3 is 2.50 bits per heavy atom. The number of rotatable bonds is 2. The van der Waals surface area contributed by atoms with E-state index in [9.17, 15) is 9.59 Å². The van der Waals surface area contributed by atoms with Crippen molar-refractivity contribution in [1.82, 2.24) is 5.32 Å². The lowest BCUT2D eigenvalue weighted by Gasteiger charge is -2.18. The van der Waals surface area contributed by atoms with Crippen LogP contribution in [0.2, 0.25) is 0 Å². The van der Waals surface area contributed by atoms with Crippen LogP contribution in [0.5, 0.6) is 0 Å². The second-order valence-corrected chi connectivity index (χ2v) is 6.39. The number of benzene rings is 2. The lowest BCUT2D eigenvalue weighted by atomic mass is 10.0. The topological polar surface area (TPSA) is 70.2 Å². The Bertz CT molecular complexity index is 791. The van der Waals surface area contributed by atoms with Gasteiger partial charge in [-0.2, -0.15) is 0 Å². The average Bonchev–Trinajstić information content (AvgIpc) is 2.96. The highest BCUT2D eigenvalue weighted by molar-refractivity contribution is 5.96. The van der Waals surface area contributed by atoms with Gasteiger partial charge in [0.15, 0.2) is 0 Å². The lowest BCUT2D eigenvalue weighted by Crippen LogP contribution is -2.38. The Morgan fingerprint density at radius 1 is 1.00 bits per heavy atom. The molecule has 3 N–H and O–H groups in total. The highest BCUT2D eigenvalue weighted by Crippen LogP contribution is 2.26. The molecule has 24 heavy (non-hydrogen) atoms. The van der Waals surface area contributed by atoms with Crippen LogP contribution in [0.3, 0.4) is 0 Å². The molecule has 0 radical (unpaired) electrons. The molecule has 0 saturated heterocycles. The molecule has 0 spiro atoms. The van der Waals surface area contributed by atoms with E-state index in [1.807, 2.05) is 30.3 Å². The van der Waals surface area contributed by atoms with Crippen LogP contribution in [0.1, 0.15) is 23.1 Å². The largest absolute Gasteiger partial charge is 0.334 e. The zero-order chi connectivity index (χ0) is 16.5. The Morgan fingerprint density at radius 2 is 1.75 bits per heavy atom. The van der Waals surface area contributed by atoms with Gasteiger partial charge in [0.1, 0.15) is 0 Å². The van der Waals surface area contributed by atoms with E-state index in [0.717, 1.165) is 30.5 Å². The van der Waals surface area contributed by atoms with Crippen molar-refractivity contribution in [2.45, 2.75) is 31.7 Å². The summed E-state index contributed by atoms with van der Waals surface area (Å²) in [7, 11) is 0. The minimum Gasteiger partial charge on any atom is -0.334 e. The molecule has 0 bridgehead atoms. The van der Waals surface area contributed by atoms with Crippen molar-refractivity contribution >= 4 is 23.3 Å². The molecule has 4 rings (SSSR count). The first-order chi connectivity index (χ1) is 11.7. The van der Waals surface area contributed by atoms with Crippen molar-refractivity contribution in [3.05, 3.63) is 59.2 Å². The third-order valence-corrected chi connectivity index (χ3v) is 4.65. The first-order valence-electron chi connectivity index (χ1n) is 8.24. The molecule has 1 aliphatic heterocycles. The summed E-state index contributed by atoms with van der Waals surface area (Å²) >= 11 is 0. The van der Waals surface area contributed by atoms with E-state index in [0.29, 0.717) is 12.1 Å². The van der Waals surface area contributed by atoms with Crippen molar-refractivity contribution in [3.63, 3.8) is 0 Å². The third kappa shape index (κ3) is 2.97. The Balaban J connectivity index is 1.39. The Labute approximate surface area is 140 Å². The van der Waals surface area contributed by atoms with Crippen molar-refractivity contribution in [1.29, 1.82) is 0 Å². The van der Waals surface area contributed by atoms with Crippen LogP contribution in [-0.4, -0.2) is 18.0 Å². The zero-order valence-corrected chi connectivity index (χ0v) is 13.3. The summed E-state index contributed by atoms with van der Waals surface area (Å²) in [6.07, 6.45) is 2.99. The average molecular weight is 321 g/mol. The molecular formula is C19H19N3O2. The molecule has 1 heterocycles. The molecule has 0 aromatic heterocycles. The Kier molecular flexibility index (Phi) is 3.69. The van der Waals surface area contributed by atoms with E-state index in [2.05, 4.69) is 28.1 Å². The summed E-state index contributed by atoms with van der Waals surface area (Å²) in [5.74, 6) is 0.0211. The lowest BCUT2D eigenvalue weighted by molar-refractivity contribution is -0.116. The number of fused-ring (bicyclic) bond motifs is 2. The summed E-state index contributed by atoms with van der Waals surface area (Å²) < 4.78 is 0. The molecule has 0 atom stereocenters. The maximum Gasteiger partial charge on any atom is 0.319 e. The molecule has 122 valence electrons. The van der Waals surface area contributed by atoms with Crippen molar-refractivity contribution < 1.29 is 9.59 Å². The van der Waals surface area contributed by atoms with E-state index in [4.69, 9.17) is 0 Å². The van der Waals surface area contributed by atoms with E-state index in [1.54, 1.807) is 0 Å². The minimum atomic E-state index is -0.213. The van der Waals surface area contributed by atoms with Crippen LogP contribution in [0.25, 0.3) is 0 Å². The first kappa shape index (κ1) is 14.8. The molecule has 5 heteroatoms. The summed E-state index contributed by atoms with van der Waals surface area (Å²) in [5, 5.41) is 8.73. The van der Waals surface area contributed by atoms with Crippen LogP contribution < -0.4 is 16.0 Å². The van der Waals surface area contributed by atoms with Gasteiger partial charge in [0.25, 0.3) is 0 Å². The minimum absolute atomic E-state index is 0.0211. The molecule has 0 fully saturated rings. The predicted octanol–water partition coefficient (Wildman–Crippen LogP) is 2.86. The molecule has 5 nitrogen and oxygen atoms in total. The number of amides is 3. The van der Waals surface area contributed by atoms with Gasteiger partial charge in [0.05, 0.1) is 0 Å². The molecule has 0 saturated carbocycles. The van der Waals surface area contributed by atoms with Crippen LogP contribution >= 0.6 is 0 Å². The summed E-state index contributed by atoms with van der Waals surface area (Å²) in [4.78, 5) is 23.7. The summed E-state index contributed by atoms with van der Waals surface area (Å²) in [6, 6.07) is 13.8. The zero-order valence-electron chi connectivity index (χ0n) is 13.3. The van der Waals surface area contributed by atoms with Gasteiger partial charge in [-0.3, -0.25) is 4.79 Å². The number of hydrogen-bond acceptors (Lipinski definition) is 2. The van der Waals surface area contributed by atoms with E-state index in [-0.39, 0.29) is 18.0 Å². The highest BCUT2D eigenvalue weighted by Gasteiger charge is 2.22. The second kappa shape index (κ2) is 6.00. The third-order valence-electron chi connectivity index (χ3n) is 4.65. The van der Waals surface area contributed by atoms with E-state index >= 15 is 0 Å². The van der Waals surface area contributed by atoms with Crippen LogP contribution in [0.4, 0.5) is 16.2 Å². The molecule has 3 amide bonds. The van der Waals surface area contributed by atoms with Crippen molar-refractivity contribution in [2.24, 2.45) is 0 Å². The van der Waals surface area contributed by atoms with Crippen LogP contribution in [-0.2, 0) is 24.1 Å². The van der Waals surface area contributed by atoms with Crippen LogP contribution in [0, 0.1) is 0 Å². The maximum atomic E-state index is 12.2. The summed E-state index contributed by atoms with van der Waals surface area (Å²) in [6.45, 7) is 0. The number of urea groups is 1. The SMILES string of the molecule is O=C1CCc2ccc(NC(=O)NC3Cc4ccccc4C3)cc2N1. The van der Waals surface area contributed by atoms with Gasteiger partial charge < -0.3 is 16.0 Å². The Hall–Kier alpha value is -2.82. The normalized spacial score (nSPS) is 16.1. The molecular weight excluding hydrogens is 302 g/mol. The predicted molar refractivity (Wildman–Crippen MR) is 93.2 cm³/mol. The quantitative estimate of drug-likeness (QED) is 0.796. The van der Waals surface area contributed by atoms with Crippen molar-refractivity contribution in [3.8, 4) is 0 Å². The molecule has 1 aliphatic carbocycles. The molecule has 2 aliphatic rings. The van der Waals surface area contributed by atoms with Gasteiger partial charge in [0, 0.05) is 23.8 Å².